The van der Waals surface area contributed by atoms with Crippen molar-refractivity contribution in [1.29, 1.82) is 0 Å². The maximum atomic E-state index is 11.7. The first kappa shape index (κ1) is 11.9. The third-order valence-electron chi connectivity index (χ3n) is 2.65. The number of rotatable bonds is 6. The van der Waals surface area contributed by atoms with Gasteiger partial charge in [0, 0.05) is 11.6 Å². The summed E-state index contributed by atoms with van der Waals surface area (Å²) >= 11 is 0. The molecule has 0 unspecified atom stereocenters. The zero-order valence-corrected chi connectivity index (χ0v) is 9.82. The van der Waals surface area contributed by atoms with Gasteiger partial charge >= 0.3 is 0 Å². The highest BCUT2D eigenvalue weighted by atomic mass is 16.5. The van der Waals surface area contributed by atoms with E-state index in [-0.39, 0.29) is 5.91 Å². The molecule has 0 radical (unpaired) electrons. The predicted octanol–water partition coefficient (Wildman–Crippen LogP) is 1.31. The number of nitrogens with one attached hydrogen (secondary N) is 1. The van der Waals surface area contributed by atoms with Crippen molar-refractivity contribution in [2.75, 3.05) is 13.2 Å². The largest absolute Gasteiger partial charge is 0.494 e. The smallest absolute Gasteiger partial charge is 0.251 e. The van der Waals surface area contributed by atoms with Gasteiger partial charge in [0.1, 0.15) is 5.75 Å². The van der Waals surface area contributed by atoms with Gasteiger partial charge in [-0.25, -0.2) is 0 Å². The van der Waals surface area contributed by atoms with Gasteiger partial charge in [0.2, 0.25) is 0 Å². The summed E-state index contributed by atoms with van der Waals surface area (Å²) in [7, 11) is 0. The van der Waals surface area contributed by atoms with E-state index in [0.717, 1.165) is 25.0 Å². The molecule has 92 valence electrons. The monoisotopic (exact) mass is 234 g/mol. The fourth-order valence-corrected chi connectivity index (χ4v) is 1.47. The van der Waals surface area contributed by atoms with E-state index in [2.05, 4.69) is 5.32 Å². The van der Waals surface area contributed by atoms with Gasteiger partial charge in [-0.1, -0.05) is 0 Å². The van der Waals surface area contributed by atoms with Crippen molar-refractivity contribution in [3.8, 4) is 5.75 Å². The molecule has 1 aliphatic carbocycles. The average molecular weight is 234 g/mol. The fraction of sp³-hybridized carbons (Fsp3) is 0.462. The Morgan fingerprint density at radius 2 is 2.06 bits per heavy atom. The first-order chi connectivity index (χ1) is 8.29. The van der Waals surface area contributed by atoms with E-state index < -0.39 is 0 Å². The molecule has 4 nitrogen and oxygen atoms in total. The van der Waals surface area contributed by atoms with Crippen molar-refractivity contribution >= 4 is 5.91 Å². The molecule has 0 aromatic heterocycles. The van der Waals surface area contributed by atoms with Crippen LogP contribution >= 0.6 is 0 Å². The van der Waals surface area contributed by atoms with E-state index >= 15 is 0 Å². The van der Waals surface area contributed by atoms with Crippen molar-refractivity contribution in [3.05, 3.63) is 29.8 Å². The maximum Gasteiger partial charge on any atom is 0.251 e. The second-order valence-electron chi connectivity index (χ2n) is 4.26. The van der Waals surface area contributed by atoms with Crippen LogP contribution in [0.2, 0.25) is 0 Å². The summed E-state index contributed by atoms with van der Waals surface area (Å²) in [5.41, 5.74) is 6.06. The Balaban J connectivity index is 1.85. The van der Waals surface area contributed by atoms with E-state index in [1.165, 1.54) is 0 Å². The molecule has 0 bridgehead atoms. The second kappa shape index (κ2) is 5.68. The minimum absolute atomic E-state index is 0.000934. The molecule has 1 aliphatic rings. The normalized spacial score (nSPS) is 14.4. The van der Waals surface area contributed by atoms with Crippen LogP contribution in [0.1, 0.15) is 29.6 Å². The molecule has 0 heterocycles. The Hall–Kier alpha value is -1.55. The minimum Gasteiger partial charge on any atom is -0.494 e. The number of ether oxygens (including phenoxy) is 1. The summed E-state index contributed by atoms with van der Waals surface area (Å²) in [4.78, 5) is 11.7. The molecular weight excluding hydrogens is 216 g/mol. The zero-order chi connectivity index (χ0) is 12.1. The second-order valence-corrected chi connectivity index (χ2v) is 4.26. The lowest BCUT2D eigenvalue weighted by Gasteiger charge is -2.06. The number of benzene rings is 1. The van der Waals surface area contributed by atoms with Crippen LogP contribution in [0.5, 0.6) is 5.75 Å². The number of carbonyl (C=O) groups is 1. The Morgan fingerprint density at radius 3 is 2.65 bits per heavy atom. The Bertz CT molecular complexity index is 372. The van der Waals surface area contributed by atoms with Crippen LogP contribution in [0.25, 0.3) is 0 Å². The fourth-order valence-electron chi connectivity index (χ4n) is 1.47. The number of hydrogen-bond donors (Lipinski definition) is 2. The van der Waals surface area contributed by atoms with E-state index in [1.54, 1.807) is 12.1 Å². The average Bonchev–Trinajstić information content (AvgIpc) is 3.14. The number of hydrogen-bond acceptors (Lipinski definition) is 3. The summed E-state index contributed by atoms with van der Waals surface area (Å²) in [6.07, 6.45) is 3.04. The molecular formula is C13H18N2O2. The number of amides is 1. The van der Waals surface area contributed by atoms with Gasteiger partial charge in [0.05, 0.1) is 6.61 Å². The molecule has 0 atom stereocenters. The van der Waals surface area contributed by atoms with E-state index in [4.69, 9.17) is 10.5 Å². The van der Waals surface area contributed by atoms with Gasteiger partial charge in [-0.05, 0) is 50.1 Å². The first-order valence-corrected chi connectivity index (χ1v) is 6.03. The summed E-state index contributed by atoms with van der Waals surface area (Å²) in [5, 5.41) is 2.95. The summed E-state index contributed by atoms with van der Waals surface area (Å²) in [6, 6.07) is 7.60. The SMILES string of the molecule is NCCCOc1ccc(C(=O)NC2CC2)cc1. The summed E-state index contributed by atoms with van der Waals surface area (Å²) in [6.45, 7) is 1.24. The summed E-state index contributed by atoms with van der Waals surface area (Å²) < 4.78 is 5.46. The molecule has 1 amide bonds. The lowest BCUT2D eigenvalue weighted by molar-refractivity contribution is 0.0951. The third kappa shape index (κ3) is 3.75. The molecule has 0 saturated heterocycles. The molecule has 17 heavy (non-hydrogen) atoms. The lowest BCUT2D eigenvalue weighted by Crippen LogP contribution is -2.25. The summed E-state index contributed by atoms with van der Waals surface area (Å²) in [5.74, 6) is 0.780. The Labute approximate surface area is 101 Å². The van der Waals surface area contributed by atoms with Crippen LogP contribution in [-0.4, -0.2) is 25.1 Å². The maximum absolute atomic E-state index is 11.7. The van der Waals surface area contributed by atoms with Crippen LogP contribution in [0.4, 0.5) is 0 Å². The van der Waals surface area contributed by atoms with Crippen molar-refractivity contribution in [3.63, 3.8) is 0 Å². The van der Waals surface area contributed by atoms with Crippen LogP contribution in [-0.2, 0) is 0 Å². The standard InChI is InChI=1S/C13H18N2O2/c14-8-1-9-17-12-6-2-10(3-7-12)13(16)15-11-4-5-11/h2-3,6-7,11H,1,4-5,8-9,14H2,(H,15,16). The molecule has 1 aromatic rings. The highest BCUT2D eigenvalue weighted by molar-refractivity contribution is 5.94. The zero-order valence-electron chi connectivity index (χ0n) is 9.82. The Morgan fingerprint density at radius 1 is 1.35 bits per heavy atom. The van der Waals surface area contributed by atoms with Gasteiger partial charge in [0.25, 0.3) is 5.91 Å². The molecule has 2 rings (SSSR count). The van der Waals surface area contributed by atoms with Crippen LogP contribution in [0.3, 0.4) is 0 Å². The lowest BCUT2D eigenvalue weighted by atomic mass is 10.2. The molecule has 1 aromatic carbocycles. The molecule has 0 spiro atoms. The topological polar surface area (TPSA) is 64.3 Å². The third-order valence-corrected chi connectivity index (χ3v) is 2.65. The number of carbonyl (C=O) groups excluding carboxylic acids is 1. The first-order valence-electron chi connectivity index (χ1n) is 6.03. The predicted molar refractivity (Wildman–Crippen MR) is 66.1 cm³/mol. The molecule has 0 aliphatic heterocycles. The van der Waals surface area contributed by atoms with Gasteiger partial charge in [-0.2, -0.15) is 0 Å². The molecule has 3 N–H and O–H groups in total. The van der Waals surface area contributed by atoms with E-state index in [9.17, 15) is 4.79 Å². The quantitative estimate of drug-likeness (QED) is 0.729. The minimum atomic E-state index is 0.000934. The Kier molecular flexibility index (Phi) is 3.98. The van der Waals surface area contributed by atoms with Gasteiger partial charge in [-0.3, -0.25) is 4.79 Å². The van der Waals surface area contributed by atoms with Crippen molar-refractivity contribution in [1.82, 2.24) is 5.32 Å². The molecule has 1 fully saturated rings. The highest BCUT2D eigenvalue weighted by Gasteiger charge is 2.23. The van der Waals surface area contributed by atoms with Gasteiger partial charge < -0.3 is 15.8 Å². The van der Waals surface area contributed by atoms with Crippen LogP contribution in [0.15, 0.2) is 24.3 Å². The highest BCUT2D eigenvalue weighted by Crippen LogP contribution is 2.20. The van der Waals surface area contributed by atoms with E-state index in [0.29, 0.717) is 24.8 Å². The van der Waals surface area contributed by atoms with Gasteiger partial charge in [-0.15, -0.1) is 0 Å². The van der Waals surface area contributed by atoms with Crippen molar-refractivity contribution < 1.29 is 9.53 Å². The van der Waals surface area contributed by atoms with Crippen LogP contribution in [0, 0.1) is 0 Å². The van der Waals surface area contributed by atoms with Crippen molar-refractivity contribution in [2.24, 2.45) is 5.73 Å². The number of nitrogens with two attached hydrogens (primary N) is 1. The molecule has 1 saturated carbocycles. The van der Waals surface area contributed by atoms with Crippen molar-refractivity contribution in [2.45, 2.75) is 25.3 Å². The van der Waals surface area contributed by atoms with E-state index in [1.807, 2.05) is 12.1 Å². The molecule has 4 heteroatoms. The van der Waals surface area contributed by atoms with Crippen LogP contribution < -0.4 is 15.8 Å². The van der Waals surface area contributed by atoms with Gasteiger partial charge in [0.15, 0.2) is 0 Å².